The number of aliphatic imine (C=N–C) groups is 1. The largest absolute Gasteiger partial charge is 0.357 e. The minimum absolute atomic E-state index is 0. The Kier molecular flexibility index (Phi) is 8.41. The standard InChI is InChI=1S/C15H25N5.HI/c1-3-16-15(17-4-2)19-12-13-7-8-18-14(11-13)20-9-5-6-10-20;/h7-8,11H,3-6,9-10,12H2,1-2H3,(H2,16,17,19);1H. The molecule has 1 saturated heterocycles. The van der Waals surface area contributed by atoms with Crippen molar-refractivity contribution < 1.29 is 0 Å². The molecular formula is C15H26IN5. The van der Waals surface area contributed by atoms with Crippen LogP contribution < -0.4 is 15.5 Å². The van der Waals surface area contributed by atoms with Crippen molar-refractivity contribution in [3.63, 3.8) is 0 Å². The summed E-state index contributed by atoms with van der Waals surface area (Å²) < 4.78 is 0. The average molecular weight is 403 g/mol. The van der Waals surface area contributed by atoms with Crippen molar-refractivity contribution in [2.45, 2.75) is 33.2 Å². The normalized spacial score (nSPS) is 13.5. The lowest BCUT2D eigenvalue weighted by molar-refractivity contribution is 0.838. The molecule has 2 N–H and O–H groups in total. The predicted molar refractivity (Wildman–Crippen MR) is 99.6 cm³/mol. The molecule has 21 heavy (non-hydrogen) atoms. The summed E-state index contributed by atoms with van der Waals surface area (Å²) in [6.45, 7) is 8.83. The van der Waals surface area contributed by atoms with E-state index in [1.165, 1.54) is 18.4 Å². The Morgan fingerprint density at radius 1 is 1.24 bits per heavy atom. The van der Waals surface area contributed by atoms with Gasteiger partial charge in [-0.1, -0.05) is 0 Å². The summed E-state index contributed by atoms with van der Waals surface area (Å²) in [5.41, 5.74) is 1.20. The number of nitrogens with one attached hydrogen (secondary N) is 2. The molecule has 6 heteroatoms. The molecule has 0 aliphatic carbocycles. The van der Waals surface area contributed by atoms with Crippen LogP contribution in [0.3, 0.4) is 0 Å². The van der Waals surface area contributed by atoms with E-state index in [1.54, 1.807) is 0 Å². The van der Waals surface area contributed by atoms with Crippen molar-refractivity contribution in [3.05, 3.63) is 23.9 Å². The van der Waals surface area contributed by atoms with Gasteiger partial charge in [0.2, 0.25) is 0 Å². The molecule has 118 valence electrons. The summed E-state index contributed by atoms with van der Waals surface area (Å²) in [5, 5.41) is 6.47. The maximum Gasteiger partial charge on any atom is 0.191 e. The molecule has 0 radical (unpaired) electrons. The lowest BCUT2D eigenvalue weighted by atomic mass is 10.2. The van der Waals surface area contributed by atoms with Crippen molar-refractivity contribution in [1.82, 2.24) is 15.6 Å². The highest BCUT2D eigenvalue weighted by Gasteiger charge is 2.13. The summed E-state index contributed by atoms with van der Waals surface area (Å²) in [4.78, 5) is 11.4. The van der Waals surface area contributed by atoms with Crippen molar-refractivity contribution in [3.8, 4) is 0 Å². The Morgan fingerprint density at radius 2 is 1.90 bits per heavy atom. The number of halogens is 1. The molecule has 0 atom stereocenters. The number of aromatic nitrogens is 1. The highest BCUT2D eigenvalue weighted by molar-refractivity contribution is 14.0. The van der Waals surface area contributed by atoms with E-state index in [0.29, 0.717) is 6.54 Å². The molecule has 0 saturated carbocycles. The number of anilines is 1. The molecule has 0 amide bonds. The van der Waals surface area contributed by atoms with Crippen LogP contribution in [0.5, 0.6) is 0 Å². The van der Waals surface area contributed by atoms with Crippen LogP contribution in [0, 0.1) is 0 Å². The van der Waals surface area contributed by atoms with E-state index in [2.05, 4.69) is 45.4 Å². The Morgan fingerprint density at radius 3 is 2.52 bits per heavy atom. The first-order valence-electron chi connectivity index (χ1n) is 7.55. The third kappa shape index (κ3) is 5.68. The number of hydrogen-bond donors (Lipinski definition) is 2. The minimum atomic E-state index is 0. The van der Waals surface area contributed by atoms with Crippen molar-refractivity contribution >= 4 is 35.8 Å². The van der Waals surface area contributed by atoms with Crippen LogP contribution in [0.4, 0.5) is 5.82 Å². The fraction of sp³-hybridized carbons (Fsp3) is 0.600. The average Bonchev–Trinajstić information content (AvgIpc) is 3.00. The first kappa shape index (κ1) is 18.0. The van der Waals surface area contributed by atoms with E-state index in [-0.39, 0.29) is 24.0 Å². The van der Waals surface area contributed by atoms with E-state index in [4.69, 9.17) is 0 Å². The summed E-state index contributed by atoms with van der Waals surface area (Å²) in [6.07, 6.45) is 4.43. The minimum Gasteiger partial charge on any atom is -0.357 e. The van der Waals surface area contributed by atoms with Crippen LogP contribution in [0.15, 0.2) is 23.3 Å². The number of guanidine groups is 1. The molecule has 0 spiro atoms. The SMILES string of the molecule is CCNC(=NCc1ccnc(N2CCCC2)c1)NCC.I. The quantitative estimate of drug-likeness (QED) is 0.451. The molecule has 2 heterocycles. The Hall–Kier alpha value is -1.05. The van der Waals surface area contributed by atoms with Crippen LogP contribution in [0.2, 0.25) is 0 Å². The van der Waals surface area contributed by atoms with Gasteiger partial charge in [-0.2, -0.15) is 0 Å². The van der Waals surface area contributed by atoms with Crippen molar-refractivity contribution in [2.24, 2.45) is 4.99 Å². The second-order valence-electron chi connectivity index (χ2n) is 4.94. The second-order valence-corrected chi connectivity index (χ2v) is 4.94. The zero-order valence-electron chi connectivity index (χ0n) is 12.9. The van der Waals surface area contributed by atoms with Gasteiger partial charge in [-0.15, -0.1) is 24.0 Å². The van der Waals surface area contributed by atoms with E-state index < -0.39 is 0 Å². The highest BCUT2D eigenvalue weighted by Crippen LogP contribution is 2.18. The first-order valence-corrected chi connectivity index (χ1v) is 7.55. The van der Waals surface area contributed by atoms with Gasteiger partial charge in [-0.05, 0) is 44.4 Å². The fourth-order valence-corrected chi connectivity index (χ4v) is 2.36. The van der Waals surface area contributed by atoms with E-state index >= 15 is 0 Å². The van der Waals surface area contributed by atoms with Gasteiger partial charge < -0.3 is 15.5 Å². The molecule has 0 unspecified atom stereocenters. The van der Waals surface area contributed by atoms with Gasteiger partial charge in [0, 0.05) is 32.4 Å². The molecule has 2 rings (SSSR count). The topological polar surface area (TPSA) is 52.6 Å². The third-order valence-corrected chi connectivity index (χ3v) is 3.35. The Bertz CT molecular complexity index is 435. The second kappa shape index (κ2) is 9.81. The molecule has 1 aliphatic heterocycles. The van der Waals surface area contributed by atoms with Crippen LogP contribution in [-0.2, 0) is 6.54 Å². The molecule has 5 nitrogen and oxygen atoms in total. The van der Waals surface area contributed by atoms with Gasteiger partial charge in [0.05, 0.1) is 6.54 Å². The summed E-state index contributed by atoms with van der Waals surface area (Å²) in [7, 11) is 0. The van der Waals surface area contributed by atoms with Gasteiger partial charge in [0.1, 0.15) is 5.82 Å². The molecule has 1 aliphatic rings. The fourth-order valence-electron chi connectivity index (χ4n) is 2.36. The predicted octanol–water partition coefficient (Wildman–Crippen LogP) is 2.37. The van der Waals surface area contributed by atoms with Gasteiger partial charge in [0.25, 0.3) is 0 Å². The maximum absolute atomic E-state index is 4.59. The van der Waals surface area contributed by atoms with Crippen LogP contribution >= 0.6 is 24.0 Å². The van der Waals surface area contributed by atoms with E-state index in [1.807, 2.05) is 12.3 Å². The summed E-state index contributed by atoms with van der Waals surface area (Å²) >= 11 is 0. The Labute approximate surface area is 144 Å². The molecule has 1 fully saturated rings. The third-order valence-electron chi connectivity index (χ3n) is 3.35. The van der Waals surface area contributed by atoms with Crippen molar-refractivity contribution in [1.29, 1.82) is 0 Å². The van der Waals surface area contributed by atoms with E-state index in [9.17, 15) is 0 Å². The molecule has 1 aromatic rings. The van der Waals surface area contributed by atoms with Gasteiger partial charge in [0.15, 0.2) is 5.96 Å². The lowest BCUT2D eigenvalue weighted by Gasteiger charge is -2.16. The van der Waals surface area contributed by atoms with Gasteiger partial charge in [-0.3, -0.25) is 0 Å². The smallest absolute Gasteiger partial charge is 0.191 e. The number of rotatable bonds is 5. The molecular weight excluding hydrogens is 377 g/mol. The van der Waals surface area contributed by atoms with Crippen molar-refractivity contribution in [2.75, 3.05) is 31.1 Å². The van der Waals surface area contributed by atoms with Crippen LogP contribution in [-0.4, -0.2) is 37.1 Å². The number of hydrogen-bond acceptors (Lipinski definition) is 3. The van der Waals surface area contributed by atoms with Crippen LogP contribution in [0.25, 0.3) is 0 Å². The van der Waals surface area contributed by atoms with Gasteiger partial charge in [-0.25, -0.2) is 9.98 Å². The zero-order valence-corrected chi connectivity index (χ0v) is 15.3. The summed E-state index contributed by atoms with van der Waals surface area (Å²) in [6, 6.07) is 4.20. The zero-order chi connectivity index (χ0) is 14.2. The monoisotopic (exact) mass is 403 g/mol. The first-order chi connectivity index (χ1) is 9.83. The Balaban J connectivity index is 0.00000220. The lowest BCUT2D eigenvalue weighted by Crippen LogP contribution is -2.36. The number of pyridine rings is 1. The maximum atomic E-state index is 4.59. The highest BCUT2D eigenvalue weighted by atomic mass is 127. The molecule has 0 aromatic carbocycles. The number of nitrogens with zero attached hydrogens (tertiary/aromatic N) is 3. The van der Waals surface area contributed by atoms with Crippen LogP contribution in [0.1, 0.15) is 32.3 Å². The van der Waals surface area contributed by atoms with E-state index in [0.717, 1.165) is 38.0 Å². The van der Waals surface area contributed by atoms with Gasteiger partial charge >= 0.3 is 0 Å². The molecule has 0 bridgehead atoms. The molecule has 1 aromatic heterocycles. The summed E-state index contributed by atoms with van der Waals surface area (Å²) in [5.74, 6) is 1.96.